The predicted octanol–water partition coefficient (Wildman–Crippen LogP) is 1.82. The summed E-state index contributed by atoms with van der Waals surface area (Å²) >= 11 is 0. The summed E-state index contributed by atoms with van der Waals surface area (Å²) in [5.74, 6) is 0.200. The van der Waals surface area contributed by atoms with E-state index in [4.69, 9.17) is 4.74 Å². The number of aryl methyl sites for hydroxylation is 1. The largest absolute Gasteiger partial charge is 0.484 e. The first-order valence-electron chi connectivity index (χ1n) is 10.3. The molecule has 9 nitrogen and oxygen atoms in total. The molecule has 2 amide bonds. The molecule has 0 atom stereocenters. The van der Waals surface area contributed by atoms with Gasteiger partial charge >= 0.3 is 0 Å². The molecule has 0 bridgehead atoms. The van der Waals surface area contributed by atoms with Crippen molar-refractivity contribution >= 4 is 27.7 Å². The quantitative estimate of drug-likeness (QED) is 0.390. The summed E-state index contributed by atoms with van der Waals surface area (Å²) < 4.78 is 31.9. The van der Waals surface area contributed by atoms with E-state index < -0.39 is 15.9 Å². The molecule has 1 aliphatic heterocycles. The van der Waals surface area contributed by atoms with Crippen LogP contribution >= 0.6 is 0 Å². The SMILES string of the molecule is Cc1cccc(OCC(=O)NNC(=O)CCCCCN=C2NS(=O)(=O)c3ccccc32)c1. The lowest BCUT2D eigenvalue weighted by Gasteiger charge is -2.09. The van der Waals surface area contributed by atoms with Gasteiger partial charge in [0.05, 0.1) is 4.90 Å². The lowest BCUT2D eigenvalue weighted by atomic mass is 10.2. The van der Waals surface area contributed by atoms with E-state index in [1.54, 1.807) is 30.3 Å². The number of nitrogens with zero attached hydrogens (tertiary/aromatic N) is 1. The van der Waals surface area contributed by atoms with Crippen LogP contribution in [0.5, 0.6) is 5.75 Å². The van der Waals surface area contributed by atoms with E-state index in [2.05, 4.69) is 20.6 Å². The average molecular weight is 459 g/mol. The zero-order valence-corrected chi connectivity index (χ0v) is 18.6. The van der Waals surface area contributed by atoms with Gasteiger partial charge in [0, 0.05) is 18.5 Å². The number of sulfonamides is 1. The first-order chi connectivity index (χ1) is 15.3. The molecule has 170 valence electrons. The number of rotatable bonds is 9. The van der Waals surface area contributed by atoms with Crippen molar-refractivity contribution in [1.29, 1.82) is 0 Å². The molecule has 1 heterocycles. The van der Waals surface area contributed by atoms with Gasteiger partial charge in [-0.05, 0) is 49.6 Å². The second-order valence-corrected chi connectivity index (χ2v) is 9.00. The van der Waals surface area contributed by atoms with Crippen molar-refractivity contribution in [2.75, 3.05) is 13.2 Å². The van der Waals surface area contributed by atoms with Crippen LogP contribution in [0.2, 0.25) is 0 Å². The first-order valence-corrected chi connectivity index (χ1v) is 11.8. The Labute approximate surface area is 187 Å². The molecule has 0 fully saturated rings. The van der Waals surface area contributed by atoms with Crippen LogP contribution in [0.25, 0.3) is 0 Å². The fourth-order valence-electron chi connectivity index (χ4n) is 3.11. The number of amidine groups is 1. The van der Waals surface area contributed by atoms with Crippen LogP contribution in [0.15, 0.2) is 58.4 Å². The highest BCUT2D eigenvalue weighted by atomic mass is 32.2. The van der Waals surface area contributed by atoms with Gasteiger partial charge in [0.2, 0.25) is 5.91 Å². The van der Waals surface area contributed by atoms with Crippen molar-refractivity contribution in [3.8, 4) is 5.75 Å². The Bertz CT molecular complexity index is 1110. The van der Waals surface area contributed by atoms with E-state index in [-0.39, 0.29) is 23.8 Å². The van der Waals surface area contributed by atoms with Crippen molar-refractivity contribution in [3.63, 3.8) is 0 Å². The summed E-state index contributed by atoms with van der Waals surface area (Å²) in [5, 5.41) is 0. The summed E-state index contributed by atoms with van der Waals surface area (Å²) in [4.78, 5) is 28.2. The number of ether oxygens (including phenoxy) is 1. The Morgan fingerprint density at radius 1 is 1.00 bits per heavy atom. The van der Waals surface area contributed by atoms with Crippen LogP contribution < -0.4 is 20.3 Å². The molecule has 3 rings (SSSR count). The predicted molar refractivity (Wildman–Crippen MR) is 120 cm³/mol. The molecular formula is C22H26N4O5S. The second-order valence-electron chi connectivity index (χ2n) is 7.34. The number of hydrogen-bond donors (Lipinski definition) is 3. The molecule has 1 aliphatic rings. The smallest absolute Gasteiger partial charge is 0.276 e. The van der Waals surface area contributed by atoms with Crippen LogP contribution in [-0.2, 0) is 19.6 Å². The molecule has 0 spiro atoms. The number of carbonyl (C=O) groups is 2. The molecule has 0 radical (unpaired) electrons. The molecule has 0 saturated carbocycles. The van der Waals surface area contributed by atoms with Crippen molar-refractivity contribution in [2.24, 2.45) is 4.99 Å². The summed E-state index contributed by atoms with van der Waals surface area (Å²) in [6, 6.07) is 14.0. The minimum Gasteiger partial charge on any atom is -0.484 e. The van der Waals surface area contributed by atoms with E-state index in [0.29, 0.717) is 36.5 Å². The Balaban J connectivity index is 1.29. The molecular weight excluding hydrogens is 432 g/mol. The van der Waals surface area contributed by atoms with Gasteiger partial charge in [0.1, 0.15) is 11.6 Å². The van der Waals surface area contributed by atoms with Gasteiger partial charge in [0.15, 0.2) is 6.61 Å². The third-order valence-corrected chi connectivity index (χ3v) is 6.09. The fraction of sp³-hybridized carbons (Fsp3) is 0.318. The van der Waals surface area contributed by atoms with Gasteiger partial charge in [-0.15, -0.1) is 0 Å². The summed E-state index contributed by atoms with van der Waals surface area (Å²) in [7, 11) is -3.53. The van der Waals surface area contributed by atoms with Gasteiger partial charge in [-0.25, -0.2) is 8.42 Å². The highest BCUT2D eigenvalue weighted by Gasteiger charge is 2.29. The molecule has 0 unspecified atom stereocenters. The topological polar surface area (TPSA) is 126 Å². The van der Waals surface area contributed by atoms with E-state index in [1.807, 2.05) is 25.1 Å². The standard InChI is InChI=1S/C22H26N4O5S/c1-16-8-7-9-17(14-16)31-15-21(28)25-24-20(27)12-3-2-6-13-23-22-18-10-4-5-11-19(18)32(29,30)26-22/h4-5,7-11,14H,2-3,6,12-13,15H2,1H3,(H,23,26)(H,24,27)(H,25,28). The van der Waals surface area contributed by atoms with Gasteiger partial charge < -0.3 is 4.74 Å². The summed E-state index contributed by atoms with van der Waals surface area (Å²) in [6.07, 6.45) is 2.32. The number of hydrazine groups is 1. The molecule has 0 aromatic heterocycles. The van der Waals surface area contributed by atoms with E-state index in [0.717, 1.165) is 12.0 Å². The van der Waals surface area contributed by atoms with Gasteiger partial charge in [0.25, 0.3) is 15.9 Å². The third-order valence-electron chi connectivity index (χ3n) is 4.70. The molecule has 2 aromatic carbocycles. The van der Waals surface area contributed by atoms with Crippen molar-refractivity contribution in [1.82, 2.24) is 15.6 Å². The Hall–Kier alpha value is -3.40. The Kier molecular flexibility index (Phi) is 7.82. The molecule has 32 heavy (non-hydrogen) atoms. The molecule has 10 heteroatoms. The number of fused-ring (bicyclic) bond motifs is 1. The van der Waals surface area contributed by atoms with Crippen molar-refractivity contribution < 1.29 is 22.7 Å². The lowest BCUT2D eigenvalue weighted by Crippen LogP contribution is -2.43. The molecule has 0 saturated heterocycles. The third kappa shape index (κ3) is 6.55. The number of benzene rings is 2. The van der Waals surface area contributed by atoms with E-state index >= 15 is 0 Å². The lowest BCUT2D eigenvalue weighted by molar-refractivity contribution is -0.130. The van der Waals surface area contributed by atoms with Gasteiger partial charge in [-0.1, -0.05) is 30.7 Å². The van der Waals surface area contributed by atoms with E-state index in [9.17, 15) is 18.0 Å². The van der Waals surface area contributed by atoms with Gasteiger partial charge in [-0.3, -0.25) is 30.2 Å². The molecule has 0 aliphatic carbocycles. The number of carbonyl (C=O) groups excluding carboxylic acids is 2. The van der Waals surface area contributed by atoms with Crippen LogP contribution in [-0.4, -0.2) is 39.2 Å². The number of unbranched alkanes of at least 4 members (excludes halogenated alkanes) is 2. The minimum atomic E-state index is -3.53. The van der Waals surface area contributed by atoms with Crippen molar-refractivity contribution in [3.05, 3.63) is 59.7 Å². The summed E-state index contributed by atoms with van der Waals surface area (Å²) in [5.41, 5.74) is 6.29. The maximum atomic E-state index is 12.0. The number of nitrogens with one attached hydrogen (secondary N) is 3. The highest BCUT2D eigenvalue weighted by Crippen LogP contribution is 2.22. The zero-order valence-electron chi connectivity index (χ0n) is 17.8. The Morgan fingerprint density at radius 3 is 2.59 bits per heavy atom. The van der Waals surface area contributed by atoms with Crippen molar-refractivity contribution in [2.45, 2.75) is 37.5 Å². The van der Waals surface area contributed by atoms with Gasteiger partial charge in [-0.2, -0.15) is 0 Å². The fourth-order valence-corrected chi connectivity index (χ4v) is 4.36. The number of amides is 2. The molecule has 2 aromatic rings. The monoisotopic (exact) mass is 458 g/mol. The average Bonchev–Trinajstić information content (AvgIpc) is 3.03. The maximum absolute atomic E-state index is 12.0. The van der Waals surface area contributed by atoms with Crippen LogP contribution in [0.3, 0.4) is 0 Å². The first kappa shape index (κ1) is 23.3. The maximum Gasteiger partial charge on any atom is 0.276 e. The highest BCUT2D eigenvalue weighted by molar-refractivity contribution is 7.90. The van der Waals surface area contributed by atoms with Crippen LogP contribution in [0.4, 0.5) is 0 Å². The summed E-state index contributed by atoms with van der Waals surface area (Å²) in [6.45, 7) is 2.17. The Morgan fingerprint density at radius 2 is 1.78 bits per heavy atom. The molecule has 3 N–H and O–H groups in total. The zero-order chi connectivity index (χ0) is 23.0. The van der Waals surface area contributed by atoms with Crippen LogP contribution in [0.1, 0.15) is 36.8 Å². The minimum absolute atomic E-state index is 0.197. The number of hydrogen-bond acceptors (Lipinski definition) is 6. The normalized spacial score (nSPS) is 15.0. The van der Waals surface area contributed by atoms with E-state index in [1.165, 1.54) is 0 Å². The second kappa shape index (κ2) is 10.8. The number of aliphatic imine (C=N–C) groups is 1. The van der Waals surface area contributed by atoms with Crippen LogP contribution in [0, 0.1) is 6.92 Å².